The van der Waals surface area contributed by atoms with Crippen LogP contribution in [0.25, 0.3) is 0 Å². The zero-order valence-electron chi connectivity index (χ0n) is 13.0. The molecule has 0 aromatic heterocycles. The molecule has 1 aliphatic heterocycles. The summed E-state index contributed by atoms with van der Waals surface area (Å²) in [5.41, 5.74) is 2.71. The molecular weight excluding hydrogens is 262 g/mol. The lowest BCUT2D eigenvalue weighted by atomic mass is 9.76. The number of carboxylic acids is 1. The minimum atomic E-state index is -0.793. The summed E-state index contributed by atoms with van der Waals surface area (Å²) >= 11 is 0. The van der Waals surface area contributed by atoms with Crippen LogP contribution in [0.1, 0.15) is 55.5 Å². The second kappa shape index (κ2) is 5.70. The van der Waals surface area contributed by atoms with E-state index in [1.807, 2.05) is 6.07 Å². The maximum atomic E-state index is 11.5. The van der Waals surface area contributed by atoms with E-state index in [0.29, 0.717) is 23.4 Å². The molecule has 2 aliphatic rings. The first kappa shape index (κ1) is 14.4. The lowest BCUT2D eigenvalue weighted by Gasteiger charge is -2.46. The summed E-state index contributed by atoms with van der Waals surface area (Å²) in [6, 6.07) is 6.33. The third kappa shape index (κ3) is 2.54. The van der Waals surface area contributed by atoms with Crippen molar-refractivity contribution in [3.63, 3.8) is 0 Å². The van der Waals surface area contributed by atoms with E-state index in [9.17, 15) is 9.90 Å². The summed E-state index contributed by atoms with van der Waals surface area (Å²) < 4.78 is 0. The van der Waals surface area contributed by atoms with Gasteiger partial charge in [0.15, 0.2) is 0 Å². The van der Waals surface area contributed by atoms with Gasteiger partial charge in [-0.1, -0.05) is 26.3 Å². The molecular formula is C18H25NO2. The molecule has 1 heterocycles. The van der Waals surface area contributed by atoms with E-state index >= 15 is 0 Å². The summed E-state index contributed by atoms with van der Waals surface area (Å²) in [5, 5.41) is 9.42. The van der Waals surface area contributed by atoms with Gasteiger partial charge in [-0.05, 0) is 55.2 Å². The van der Waals surface area contributed by atoms with Crippen molar-refractivity contribution in [2.24, 2.45) is 11.8 Å². The van der Waals surface area contributed by atoms with Gasteiger partial charge in [-0.3, -0.25) is 0 Å². The largest absolute Gasteiger partial charge is 0.478 e. The van der Waals surface area contributed by atoms with Crippen LogP contribution in [0.15, 0.2) is 18.2 Å². The van der Waals surface area contributed by atoms with Gasteiger partial charge in [0.1, 0.15) is 0 Å². The zero-order chi connectivity index (χ0) is 15.0. The molecule has 21 heavy (non-hydrogen) atoms. The number of fused-ring (bicyclic) bond motifs is 1. The Kier molecular flexibility index (Phi) is 3.92. The van der Waals surface area contributed by atoms with Gasteiger partial charge in [-0.2, -0.15) is 0 Å². The molecule has 3 rings (SSSR count). The molecule has 1 N–H and O–H groups in total. The SMILES string of the molecule is CC1CCCC(C)C1N1CCCc2c(C(=O)O)cccc21. The molecule has 0 bridgehead atoms. The van der Waals surface area contributed by atoms with E-state index in [2.05, 4.69) is 24.8 Å². The summed E-state index contributed by atoms with van der Waals surface area (Å²) in [6.45, 7) is 5.78. The molecule has 3 nitrogen and oxygen atoms in total. The van der Waals surface area contributed by atoms with E-state index < -0.39 is 5.97 Å². The maximum absolute atomic E-state index is 11.5. The summed E-state index contributed by atoms with van der Waals surface area (Å²) in [6.07, 6.45) is 5.87. The van der Waals surface area contributed by atoms with E-state index in [0.717, 1.165) is 24.9 Å². The molecule has 0 saturated heterocycles. The van der Waals surface area contributed by atoms with Crippen molar-refractivity contribution in [1.29, 1.82) is 0 Å². The number of aromatic carboxylic acids is 1. The minimum Gasteiger partial charge on any atom is -0.478 e. The predicted molar refractivity (Wildman–Crippen MR) is 85.0 cm³/mol. The Morgan fingerprint density at radius 3 is 2.57 bits per heavy atom. The lowest BCUT2D eigenvalue weighted by molar-refractivity contribution is 0.0695. The van der Waals surface area contributed by atoms with Crippen molar-refractivity contribution in [1.82, 2.24) is 0 Å². The fourth-order valence-corrected chi connectivity index (χ4v) is 4.44. The van der Waals surface area contributed by atoms with Gasteiger partial charge in [0.2, 0.25) is 0 Å². The number of benzene rings is 1. The second-order valence-corrected chi connectivity index (χ2v) is 6.78. The second-order valence-electron chi connectivity index (χ2n) is 6.78. The van der Waals surface area contributed by atoms with Crippen molar-refractivity contribution in [2.75, 3.05) is 11.4 Å². The molecule has 1 fully saturated rings. The first-order chi connectivity index (χ1) is 10.1. The molecule has 1 saturated carbocycles. The van der Waals surface area contributed by atoms with E-state index in [1.165, 1.54) is 24.9 Å². The molecule has 1 aromatic rings. The van der Waals surface area contributed by atoms with Crippen LogP contribution in [-0.2, 0) is 6.42 Å². The molecule has 0 amide bonds. The standard InChI is InChI=1S/C18H25NO2/c1-12-6-3-7-13(2)17(12)19-11-5-9-14-15(18(20)21)8-4-10-16(14)19/h4,8,10,12-13,17H,3,5-7,9,11H2,1-2H3,(H,20,21). The average Bonchev–Trinajstić information content (AvgIpc) is 2.46. The van der Waals surface area contributed by atoms with Crippen LogP contribution in [-0.4, -0.2) is 23.7 Å². The monoisotopic (exact) mass is 287 g/mol. The van der Waals surface area contributed by atoms with Gasteiger partial charge in [-0.25, -0.2) is 4.79 Å². The quantitative estimate of drug-likeness (QED) is 0.895. The molecule has 2 atom stereocenters. The highest BCUT2D eigenvalue weighted by atomic mass is 16.4. The number of carboxylic acid groups (broad SMARTS) is 1. The predicted octanol–water partition coefficient (Wildman–Crippen LogP) is 3.96. The van der Waals surface area contributed by atoms with Gasteiger partial charge in [0, 0.05) is 18.3 Å². The molecule has 0 spiro atoms. The Balaban J connectivity index is 2.00. The van der Waals surface area contributed by atoms with Gasteiger partial charge >= 0.3 is 5.97 Å². The fourth-order valence-electron chi connectivity index (χ4n) is 4.44. The Labute approximate surface area is 127 Å². The van der Waals surface area contributed by atoms with Crippen LogP contribution in [0.2, 0.25) is 0 Å². The van der Waals surface area contributed by atoms with Crippen LogP contribution in [0.3, 0.4) is 0 Å². The number of hydrogen-bond acceptors (Lipinski definition) is 2. The smallest absolute Gasteiger partial charge is 0.336 e. The summed E-state index contributed by atoms with van der Waals surface area (Å²) in [4.78, 5) is 14.0. The Hall–Kier alpha value is -1.51. The van der Waals surface area contributed by atoms with E-state index in [4.69, 9.17) is 0 Å². The highest BCUT2D eigenvalue weighted by molar-refractivity contribution is 5.91. The van der Waals surface area contributed by atoms with Crippen molar-refractivity contribution in [3.8, 4) is 0 Å². The first-order valence-corrected chi connectivity index (χ1v) is 8.21. The van der Waals surface area contributed by atoms with Crippen LogP contribution >= 0.6 is 0 Å². The number of nitrogens with zero attached hydrogens (tertiary/aromatic N) is 1. The van der Waals surface area contributed by atoms with Gasteiger partial charge < -0.3 is 10.0 Å². The fraction of sp³-hybridized carbons (Fsp3) is 0.611. The van der Waals surface area contributed by atoms with Crippen LogP contribution in [0, 0.1) is 11.8 Å². The minimum absolute atomic E-state index is 0.494. The first-order valence-electron chi connectivity index (χ1n) is 8.21. The van der Waals surface area contributed by atoms with Gasteiger partial charge in [0.05, 0.1) is 5.56 Å². The maximum Gasteiger partial charge on any atom is 0.336 e. The normalized spacial score (nSPS) is 29.0. The highest BCUT2D eigenvalue weighted by Gasteiger charge is 2.35. The number of carbonyl (C=O) groups is 1. The van der Waals surface area contributed by atoms with Crippen molar-refractivity contribution in [3.05, 3.63) is 29.3 Å². The van der Waals surface area contributed by atoms with E-state index in [-0.39, 0.29) is 0 Å². The van der Waals surface area contributed by atoms with Crippen molar-refractivity contribution >= 4 is 11.7 Å². The molecule has 114 valence electrons. The third-order valence-electron chi connectivity index (χ3n) is 5.36. The van der Waals surface area contributed by atoms with Crippen LogP contribution in [0.5, 0.6) is 0 Å². The molecule has 1 aromatic carbocycles. The number of rotatable bonds is 2. The molecule has 1 aliphatic carbocycles. The Morgan fingerprint density at radius 1 is 1.19 bits per heavy atom. The summed E-state index contributed by atoms with van der Waals surface area (Å²) in [7, 11) is 0. The van der Waals surface area contributed by atoms with Crippen molar-refractivity contribution < 1.29 is 9.90 Å². The van der Waals surface area contributed by atoms with Crippen LogP contribution < -0.4 is 4.90 Å². The zero-order valence-corrected chi connectivity index (χ0v) is 13.0. The Morgan fingerprint density at radius 2 is 1.90 bits per heavy atom. The molecule has 0 radical (unpaired) electrons. The summed E-state index contributed by atoms with van der Waals surface area (Å²) in [5.74, 6) is 0.583. The lowest BCUT2D eigenvalue weighted by Crippen LogP contribution is -2.48. The highest BCUT2D eigenvalue weighted by Crippen LogP contribution is 2.39. The molecule has 3 heteroatoms. The third-order valence-corrected chi connectivity index (χ3v) is 5.36. The topological polar surface area (TPSA) is 40.5 Å². The Bertz CT molecular complexity index is 530. The number of anilines is 1. The number of hydrogen-bond donors (Lipinski definition) is 1. The average molecular weight is 287 g/mol. The van der Waals surface area contributed by atoms with Gasteiger partial charge in [-0.15, -0.1) is 0 Å². The van der Waals surface area contributed by atoms with Crippen LogP contribution in [0.4, 0.5) is 5.69 Å². The van der Waals surface area contributed by atoms with Gasteiger partial charge in [0.25, 0.3) is 0 Å². The molecule has 2 unspecified atom stereocenters. The van der Waals surface area contributed by atoms with Crippen molar-refractivity contribution in [2.45, 2.75) is 52.0 Å². The van der Waals surface area contributed by atoms with E-state index in [1.54, 1.807) is 6.07 Å².